The van der Waals surface area contributed by atoms with Gasteiger partial charge in [0.15, 0.2) is 0 Å². The van der Waals surface area contributed by atoms with E-state index in [2.05, 4.69) is 5.32 Å². The zero-order chi connectivity index (χ0) is 9.72. The van der Waals surface area contributed by atoms with Crippen LogP contribution in [0.2, 0.25) is 0 Å². The molecule has 0 radical (unpaired) electrons. The van der Waals surface area contributed by atoms with Crippen molar-refractivity contribution in [1.29, 1.82) is 0 Å². The van der Waals surface area contributed by atoms with Crippen LogP contribution in [0.4, 0.5) is 0 Å². The van der Waals surface area contributed by atoms with Crippen LogP contribution in [0.5, 0.6) is 0 Å². The number of hydrogen-bond acceptors (Lipinski definition) is 3. The second-order valence-electron chi connectivity index (χ2n) is 3.28. The van der Waals surface area contributed by atoms with E-state index >= 15 is 0 Å². The van der Waals surface area contributed by atoms with Crippen LogP contribution in [0.3, 0.4) is 0 Å². The van der Waals surface area contributed by atoms with Gasteiger partial charge in [-0.2, -0.15) is 0 Å². The predicted molar refractivity (Wildman–Crippen MR) is 47.6 cm³/mol. The van der Waals surface area contributed by atoms with Crippen molar-refractivity contribution in [2.75, 3.05) is 0 Å². The second-order valence-corrected chi connectivity index (χ2v) is 3.28. The zero-order valence-electron chi connectivity index (χ0n) is 7.87. The van der Waals surface area contributed by atoms with Gasteiger partial charge >= 0.3 is 0 Å². The van der Waals surface area contributed by atoms with E-state index < -0.39 is 12.1 Å². The van der Waals surface area contributed by atoms with E-state index in [-0.39, 0.29) is 11.9 Å². The monoisotopic (exact) mass is 174 g/mol. The molecule has 0 saturated carbocycles. The fourth-order valence-electron chi connectivity index (χ4n) is 0.945. The first-order valence-electron chi connectivity index (χ1n) is 4.17. The van der Waals surface area contributed by atoms with Gasteiger partial charge in [-0.15, -0.1) is 0 Å². The maximum absolute atomic E-state index is 11.0. The highest BCUT2D eigenvalue weighted by Gasteiger charge is 2.12. The topological polar surface area (TPSA) is 75.3 Å². The fraction of sp³-hybridized carbons (Fsp3) is 0.875. The van der Waals surface area contributed by atoms with E-state index in [1.807, 2.05) is 6.92 Å². The average Bonchev–Trinajstić information content (AvgIpc) is 1.84. The molecule has 0 bridgehead atoms. The van der Waals surface area contributed by atoms with E-state index in [0.29, 0.717) is 6.42 Å². The van der Waals surface area contributed by atoms with Crippen LogP contribution in [0.15, 0.2) is 0 Å². The first kappa shape index (κ1) is 11.4. The number of carbonyl (C=O) groups excluding carboxylic acids is 1. The standard InChI is InChI=1S/C8H18N2O2/c1-5(4-6(2)11)10-8(12)7(3)9/h5-7,11H,4,9H2,1-3H3,(H,10,12). The summed E-state index contributed by atoms with van der Waals surface area (Å²) in [6, 6.07) is -0.509. The summed E-state index contributed by atoms with van der Waals surface area (Å²) in [5, 5.41) is 11.7. The van der Waals surface area contributed by atoms with Crippen molar-refractivity contribution in [2.24, 2.45) is 5.73 Å². The lowest BCUT2D eigenvalue weighted by Gasteiger charge is -2.16. The summed E-state index contributed by atoms with van der Waals surface area (Å²) in [5.41, 5.74) is 5.34. The van der Waals surface area contributed by atoms with Gasteiger partial charge in [0.1, 0.15) is 0 Å². The number of aliphatic hydroxyl groups excluding tert-OH is 1. The van der Waals surface area contributed by atoms with Crippen LogP contribution in [0, 0.1) is 0 Å². The van der Waals surface area contributed by atoms with E-state index in [1.54, 1.807) is 13.8 Å². The zero-order valence-corrected chi connectivity index (χ0v) is 7.87. The lowest BCUT2D eigenvalue weighted by Crippen LogP contribution is -2.43. The number of carbonyl (C=O) groups is 1. The van der Waals surface area contributed by atoms with Crippen molar-refractivity contribution < 1.29 is 9.90 Å². The molecular weight excluding hydrogens is 156 g/mol. The van der Waals surface area contributed by atoms with Crippen LogP contribution in [-0.4, -0.2) is 29.2 Å². The number of nitrogens with one attached hydrogen (secondary N) is 1. The molecular formula is C8H18N2O2. The number of aliphatic hydroxyl groups is 1. The van der Waals surface area contributed by atoms with Gasteiger partial charge in [-0.05, 0) is 27.2 Å². The van der Waals surface area contributed by atoms with Gasteiger partial charge in [-0.1, -0.05) is 0 Å². The number of nitrogens with two attached hydrogens (primary N) is 1. The van der Waals surface area contributed by atoms with Crippen molar-refractivity contribution in [3.63, 3.8) is 0 Å². The summed E-state index contributed by atoms with van der Waals surface area (Å²) < 4.78 is 0. The Labute approximate surface area is 73.1 Å². The normalized spacial score (nSPS) is 18.1. The Morgan fingerprint density at radius 2 is 2.00 bits per heavy atom. The first-order valence-corrected chi connectivity index (χ1v) is 4.17. The van der Waals surface area contributed by atoms with Gasteiger partial charge in [0.25, 0.3) is 0 Å². The van der Waals surface area contributed by atoms with Gasteiger partial charge in [-0.3, -0.25) is 4.79 Å². The molecule has 0 aromatic heterocycles. The summed E-state index contributed by atoms with van der Waals surface area (Å²) >= 11 is 0. The minimum atomic E-state index is -0.485. The third kappa shape index (κ3) is 5.09. The molecule has 72 valence electrons. The molecule has 0 fully saturated rings. The summed E-state index contributed by atoms with van der Waals surface area (Å²) in [5.74, 6) is -0.178. The molecule has 0 heterocycles. The van der Waals surface area contributed by atoms with Gasteiger partial charge in [0.05, 0.1) is 12.1 Å². The van der Waals surface area contributed by atoms with Crippen molar-refractivity contribution in [3.05, 3.63) is 0 Å². The molecule has 0 rings (SSSR count). The van der Waals surface area contributed by atoms with Crippen LogP contribution < -0.4 is 11.1 Å². The summed E-state index contributed by atoms with van der Waals surface area (Å²) in [6.07, 6.45) is 0.159. The quantitative estimate of drug-likeness (QED) is 0.543. The Balaban J connectivity index is 3.69. The van der Waals surface area contributed by atoms with Gasteiger partial charge < -0.3 is 16.2 Å². The first-order chi connectivity index (χ1) is 5.43. The second kappa shape index (κ2) is 5.11. The molecule has 0 saturated heterocycles. The summed E-state index contributed by atoms with van der Waals surface area (Å²) in [7, 11) is 0. The van der Waals surface area contributed by atoms with E-state index in [0.717, 1.165) is 0 Å². The molecule has 0 aliphatic rings. The molecule has 0 aromatic carbocycles. The average molecular weight is 174 g/mol. The molecule has 12 heavy (non-hydrogen) atoms. The van der Waals surface area contributed by atoms with E-state index in [9.17, 15) is 4.79 Å². The molecule has 3 atom stereocenters. The third-order valence-electron chi connectivity index (χ3n) is 1.50. The van der Waals surface area contributed by atoms with Gasteiger partial charge in [0.2, 0.25) is 5.91 Å². The third-order valence-corrected chi connectivity index (χ3v) is 1.50. The highest BCUT2D eigenvalue weighted by Crippen LogP contribution is 1.96. The maximum atomic E-state index is 11.0. The molecule has 3 unspecified atom stereocenters. The summed E-state index contributed by atoms with van der Waals surface area (Å²) in [6.45, 7) is 5.16. The molecule has 0 aliphatic heterocycles. The predicted octanol–water partition coefficient (Wildman–Crippen LogP) is -0.391. The fourth-order valence-corrected chi connectivity index (χ4v) is 0.945. The minimum absolute atomic E-state index is 0.0245. The Morgan fingerprint density at radius 3 is 2.33 bits per heavy atom. The largest absolute Gasteiger partial charge is 0.393 e. The van der Waals surface area contributed by atoms with Crippen molar-refractivity contribution in [2.45, 2.75) is 45.4 Å². The molecule has 4 heteroatoms. The maximum Gasteiger partial charge on any atom is 0.236 e. The van der Waals surface area contributed by atoms with Crippen molar-refractivity contribution >= 4 is 5.91 Å². The van der Waals surface area contributed by atoms with Crippen molar-refractivity contribution in [1.82, 2.24) is 5.32 Å². The summed E-state index contributed by atoms with van der Waals surface area (Å²) in [4.78, 5) is 11.0. The number of rotatable bonds is 4. The molecule has 1 amide bonds. The smallest absolute Gasteiger partial charge is 0.236 e. The highest BCUT2D eigenvalue weighted by atomic mass is 16.3. The molecule has 4 nitrogen and oxygen atoms in total. The Bertz CT molecular complexity index is 146. The molecule has 0 aliphatic carbocycles. The van der Waals surface area contributed by atoms with Crippen molar-refractivity contribution in [3.8, 4) is 0 Å². The van der Waals surface area contributed by atoms with Gasteiger partial charge in [0, 0.05) is 6.04 Å². The van der Waals surface area contributed by atoms with Crippen LogP contribution in [0.25, 0.3) is 0 Å². The van der Waals surface area contributed by atoms with Crippen LogP contribution >= 0.6 is 0 Å². The Kier molecular flexibility index (Phi) is 4.85. The van der Waals surface area contributed by atoms with E-state index in [4.69, 9.17) is 10.8 Å². The van der Waals surface area contributed by atoms with Gasteiger partial charge in [-0.25, -0.2) is 0 Å². The minimum Gasteiger partial charge on any atom is -0.393 e. The highest BCUT2D eigenvalue weighted by molar-refractivity contribution is 5.81. The van der Waals surface area contributed by atoms with E-state index in [1.165, 1.54) is 0 Å². The van der Waals surface area contributed by atoms with Crippen LogP contribution in [-0.2, 0) is 4.79 Å². The molecule has 4 N–H and O–H groups in total. The Morgan fingerprint density at radius 1 is 1.50 bits per heavy atom. The number of hydrogen-bond donors (Lipinski definition) is 3. The Hall–Kier alpha value is -0.610. The lowest BCUT2D eigenvalue weighted by atomic mass is 10.1. The molecule has 0 spiro atoms. The SMILES string of the molecule is CC(O)CC(C)NC(=O)C(C)N. The lowest BCUT2D eigenvalue weighted by molar-refractivity contribution is -0.122. The number of amides is 1. The van der Waals surface area contributed by atoms with Crippen LogP contribution in [0.1, 0.15) is 27.2 Å². The molecule has 0 aromatic rings.